The molecule has 0 bridgehead atoms. The number of aliphatic imine (C=N–C) groups is 1. The molecule has 27 heavy (non-hydrogen) atoms. The van der Waals surface area contributed by atoms with E-state index in [2.05, 4.69) is 14.9 Å². The van der Waals surface area contributed by atoms with Crippen LogP contribution in [0.5, 0.6) is 0 Å². The Morgan fingerprint density at radius 2 is 2.11 bits per heavy atom. The highest BCUT2D eigenvalue weighted by Crippen LogP contribution is 2.32. The Morgan fingerprint density at radius 3 is 2.81 bits per heavy atom. The highest BCUT2D eigenvalue weighted by Gasteiger charge is 2.24. The van der Waals surface area contributed by atoms with Gasteiger partial charge in [0.05, 0.1) is 5.69 Å². The molecule has 0 saturated heterocycles. The van der Waals surface area contributed by atoms with Gasteiger partial charge < -0.3 is 4.74 Å². The first-order chi connectivity index (χ1) is 12.8. The Balaban J connectivity index is 1.36. The van der Waals surface area contributed by atoms with E-state index in [-0.39, 0.29) is 0 Å². The van der Waals surface area contributed by atoms with Gasteiger partial charge in [0.1, 0.15) is 5.60 Å². The molecule has 1 aliphatic carbocycles. The summed E-state index contributed by atoms with van der Waals surface area (Å²) in [6.07, 6.45) is 8.31. The van der Waals surface area contributed by atoms with Gasteiger partial charge in [-0.3, -0.25) is 4.90 Å². The van der Waals surface area contributed by atoms with E-state index in [0.717, 1.165) is 44.8 Å². The maximum Gasteiger partial charge on any atom is 0.433 e. The number of carbonyl (C=O) groups excluding carboxylic acids is 1. The lowest BCUT2D eigenvalue weighted by Crippen LogP contribution is -2.32. The van der Waals surface area contributed by atoms with Gasteiger partial charge in [-0.2, -0.15) is 4.99 Å². The summed E-state index contributed by atoms with van der Waals surface area (Å²) in [4.78, 5) is 24.0. The van der Waals surface area contributed by atoms with Gasteiger partial charge in [-0.15, -0.1) is 11.3 Å². The summed E-state index contributed by atoms with van der Waals surface area (Å²) in [6.45, 7) is 8.77. The standard InChI is InChI=1S/C20H30ClN3O2S/c1-20(2,3)26-19(25)22-12-15-6-4-14(5-7-15)8-10-24-11-9-17-16(13-24)23-18(21)27-17/h12,14-15H,4-11,13H2,1-3H3/b22-12+. The van der Waals surface area contributed by atoms with Crippen LogP contribution in [-0.2, 0) is 17.7 Å². The summed E-state index contributed by atoms with van der Waals surface area (Å²) < 4.78 is 5.90. The molecule has 1 amide bonds. The number of hydrogen-bond donors (Lipinski definition) is 0. The third kappa shape index (κ3) is 6.54. The topological polar surface area (TPSA) is 54.8 Å². The molecule has 0 aromatic carbocycles. The van der Waals surface area contributed by atoms with E-state index in [9.17, 15) is 4.79 Å². The molecule has 7 heteroatoms. The van der Waals surface area contributed by atoms with Gasteiger partial charge in [0.25, 0.3) is 0 Å². The molecule has 0 spiro atoms. The fourth-order valence-electron chi connectivity index (χ4n) is 3.86. The van der Waals surface area contributed by atoms with Crippen molar-refractivity contribution in [2.45, 2.75) is 71.4 Å². The lowest BCUT2D eigenvalue weighted by Gasteiger charge is -2.30. The Morgan fingerprint density at radius 1 is 1.37 bits per heavy atom. The molecule has 5 nitrogen and oxygen atoms in total. The van der Waals surface area contributed by atoms with Gasteiger partial charge in [0.2, 0.25) is 0 Å². The van der Waals surface area contributed by atoms with Crippen LogP contribution in [0.4, 0.5) is 4.79 Å². The summed E-state index contributed by atoms with van der Waals surface area (Å²) in [5, 5.41) is 0. The number of amides is 1. The molecule has 2 heterocycles. The summed E-state index contributed by atoms with van der Waals surface area (Å²) in [6, 6.07) is 0. The number of fused-ring (bicyclic) bond motifs is 1. The average molecular weight is 412 g/mol. The van der Waals surface area contributed by atoms with E-state index in [1.54, 1.807) is 11.3 Å². The monoisotopic (exact) mass is 411 g/mol. The first kappa shape index (κ1) is 20.7. The predicted molar refractivity (Wildman–Crippen MR) is 111 cm³/mol. The minimum Gasteiger partial charge on any atom is -0.442 e. The van der Waals surface area contributed by atoms with E-state index < -0.39 is 11.7 Å². The van der Waals surface area contributed by atoms with Gasteiger partial charge in [-0.05, 0) is 77.7 Å². The number of thiazole rings is 1. The van der Waals surface area contributed by atoms with Crippen molar-refractivity contribution in [1.29, 1.82) is 0 Å². The van der Waals surface area contributed by atoms with E-state index >= 15 is 0 Å². The van der Waals surface area contributed by atoms with Crippen molar-refractivity contribution in [3.8, 4) is 0 Å². The van der Waals surface area contributed by atoms with Gasteiger partial charge in [-0.25, -0.2) is 9.78 Å². The third-order valence-corrected chi connectivity index (χ3v) is 6.57. The smallest absolute Gasteiger partial charge is 0.433 e. The van der Waals surface area contributed by atoms with Crippen molar-refractivity contribution in [1.82, 2.24) is 9.88 Å². The molecule has 0 atom stereocenters. The molecule has 1 saturated carbocycles. The second-order valence-corrected chi connectivity index (χ2v) is 10.4. The minimum absolute atomic E-state index is 0.406. The second-order valence-electron chi connectivity index (χ2n) is 8.69. The number of ether oxygens (including phenoxy) is 1. The van der Waals surface area contributed by atoms with Crippen LogP contribution in [0.2, 0.25) is 4.47 Å². The second kappa shape index (κ2) is 9.01. The normalized spacial score (nSPS) is 24.1. The molecule has 1 aliphatic heterocycles. The average Bonchev–Trinajstić information content (AvgIpc) is 2.97. The fourth-order valence-corrected chi connectivity index (χ4v) is 5.02. The molecule has 2 aliphatic rings. The Bertz CT molecular complexity index is 675. The Kier molecular flexibility index (Phi) is 6.93. The molecular formula is C20H30ClN3O2S. The number of aromatic nitrogens is 1. The summed E-state index contributed by atoms with van der Waals surface area (Å²) in [5.74, 6) is 1.18. The molecule has 0 unspecified atom stereocenters. The molecule has 150 valence electrons. The zero-order chi connectivity index (χ0) is 19.4. The van der Waals surface area contributed by atoms with Gasteiger partial charge in [-0.1, -0.05) is 11.6 Å². The zero-order valence-corrected chi connectivity index (χ0v) is 18.1. The summed E-state index contributed by atoms with van der Waals surface area (Å²) in [7, 11) is 0. The molecule has 1 aromatic heterocycles. The lowest BCUT2D eigenvalue weighted by molar-refractivity contribution is 0.0604. The number of carbonyl (C=O) groups is 1. The van der Waals surface area contributed by atoms with Crippen LogP contribution in [0.1, 0.15) is 63.4 Å². The maximum atomic E-state index is 11.7. The SMILES string of the molecule is CC(C)(C)OC(=O)/N=C/C1CCC(CCN2CCc3sc(Cl)nc3C2)CC1. The highest BCUT2D eigenvalue weighted by atomic mass is 35.5. The van der Waals surface area contributed by atoms with Crippen LogP contribution in [0, 0.1) is 11.8 Å². The van der Waals surface area contributed by atoms with Crippen LogP contribution in [-0.4, -0.2) is 40.9 Å². The van der Waals surface area contributed by atoms with Gasteiger partial charge in [0, 0.05) is 24.2 Å². The van der Waals surface area contributed by atoms with Gasteiger partial charge in [0.15, 0.2) is 4.47 Å². The first-order valence-corrected chi connectivity index (χ1v) is 11.1. The molecule has 1 fully saturated rings. The Hall–Kier alpha value is -0.980. The highest BCUT2D eigenvalue weighted by molar-refractivity contribution is 7.15. The molecule has 1 aromatic rings. The van der Waals surface area contributed by atoms with E-state index in [1.165, 1.54) is 29.8 Å². The van der Waals surface area contributed by atoms with E-state index in [4.69, 9.17) is 16.3 Å². The predicted octanol–water partition coefficient (Wildman–Crippen LogP) is 5.36. The summed E-state index contributed by atoms with van der Waals surface area (Å²) in [5.41, 5.74) is 0.698. The van der Waals surface area contributed by atoms with Crippen molar-refractivity contribution in [3.05, 3.63) is 15.0 Å². The van der Waals surface area contributed by atoms with Crippen molar-refractivity contribution >= 4 is 35.2 Å². The maximum absolute atomic E-state index is 11.7. The minimum atomic E-state index is -0.481. The quantitative estimate of drug-likeness (QED) is 0.626. The van der Waals surface area contributed by atoms with Crippen LogP contribution in [0.25, 0.3) is 0 Å². The van der Waals surface area contributed by atoms with Gasteiger partial charge >= 0.3 is 6.09 Å². The van der Waals surface area contributed by atoms with Crippen molar-refractivity contribution in [3.63, 3.8) is 0 Å². The van der Waals surface area contributed by atoms with Crippen molar-refractivity contribution in [2.75, 3.05) is 13.1 Å². The Labute approximate surface area is 171 Å². The molecule has 0 N–H and O–H groups in total. The van der Waals surface area contributed by atoms with E-state index in [1.807, 2.05) is 27.0 Å². The number of rotatable bonds is 4. The van der Waals surface area contributed by atoms with Crippen LogP contribution in [0.15, 0.2) is 4.99 Å². The number of halogens is 1. The molecule has 0 radical (unpaired) electrons. The largest absolute Gasteiger partial charge is 0.442 e. The third-order valence-electron chi connectivity index (χ3n) is 5.31. The molecule has 3 rings (SSSR count). The summed E-state index contributed by atoms with van der Waals surface area (Å²) >= 11 is 7.67. The fraction of sp³-hybridized carbons (Fsp3) is 0.750. The van der Waals surface area contributed by atoms with Crippen molar-refractivity contribution < 1.29 is 9.53 Å². The lowest BCUT2D eigenvalue weighted by atomic mass is 9.81. The van der Waals surface area contributed by atoms with Crippen molar-refractivity contribution in [2.24, 2.45) is 16.8 Å². The van der Waals surface area contributed by atoms with Crippen LogP contribution in [0.3, 0.4) is 0 Å². The number of hydrogen-bond acceptors (Lipinski definition) is 5. The van der Waals surface area contributed by atoms with Crippen LogP contribution >= 0.6 is 22.9 Å². The zero-order valence-electron chi connectivity index (χ0n) is 16.5. The first-order valence-electron chi connectivity index (χ1n) is 9.92. The van der Waals surface area contributed by atoms with E-state index in [0.29, 0.717) is 10.4 Å². The molecular weight excluding hydrogens is 382 g/mol. The number of nitrogens with zero attached hydrogens (tertiary/aromatic N) is 3. The van der Waals surface area contributed by atoms with Crippen LogP contribution < -0.4 is 0 Å².